The number of halogens is 2. The molecule has 0 radical (unpaired) electrons. The molecule has 0 unspecified atom stereocenters. The summed E-state index contributed by atoms with van der Waals surface area (Å²) in [5.41, 5.74) is -0.242. The number of rotatable bonds is 11. The minimum atomic E-state index is -1.41. The van der Waals surface area contributed by atoms with Crippen molar-refractivity contribution >= 4 is 27.8 Å². The van der Waals surface area contributed by atoms with Gasteiger partial charge in [0.1, 0.15) is 6.33 Å². The van der Waals surface area contributed by atoms with Crippen LogP contribution in [0.5, 0.6) is 0 Å². The molecule has 0 atom stereocenters. The molecule has 0 aliphatic carbocycles. The molecule has 0 fully saturated rings. The summed E-state index contributed by atoms with van der Waals surface area (Å²) in [4.78, 5) is 24.7. The van der Waals surface area contributed by atoms with Crippen LogP contribution in [0.4, 0.5) is 4.39 Å². The van der Waals surface area contributed by atoms with Crippen LogP contribution in [0.15, 0.2) is 71.7 Å². The standard InChI is InChI=1S/C22H29BrFNO3/c1-16(9-10-21(3,4)11-12-22(5,6)13-14-23)19(26)25-17(2)7-8-18(15-24)20(27)28/h7-10,13-15H,1-2,11-12H2,3-6H3,(H,25,26)(H,27,28)/b8-7-,10-9+,14-13-,18-15-. The van der Waals surface area contributed by atoms with E-state index in [9.17, 15) is 14.0 Å². The van der Waals surface area contributed by atoms with E-state index in [0.29, 0.717) is 0 Å². The molecule has 0 aliphatic heterocycles. The number of carboxylic acid groups (broad SMARTS) is 1. The molecule has 28 heavy (non-hydrogen) atoms. The lowest BCUT2D eigenvalue weighted by Gasteiger charge is -2.27. The minimum Gasteiger partial charge on any atom is -0.478 e. The largest absolute Gasteiger partial charge is 0.478 e. The Morgan fingerprint density at radius 1 is 1.04 bits per heavy atom. The maximum absolute atomic E-state index is 12.4. The zero-order valence-electron chi connectivity index (χ0n) is 16.9. The highest BCUT2D eigenvalue weighted by atomic mass is 79.9. The second-order valence-corrected chi connectivity index (χ2v) is 8.34. The predicted octanol–water partition coefficient (Wildman–Crippen LogP) is 5.96. The van der Waals surface area contributed by atoms with Crippen LogP contribution in [-0.4, -0.2) is 17.0 Å². The van der Waals surface area contributed by atoms with Gasteiger partial charge in [0.05, 0.1) is 5.57 Å². The van der Waals surface area contributed by atoms with Crippen molar-refractivity contribution in [3.8, 4) is 0 Å². The highest BCUT2D eigenvalue weighted by Gasteiger charge is 2.21. The monoisotopic (exact) mass is 453 g/mol. The fraction of sp³-hybridized carbons (Fsp3) is 0.364. The highest BCUT2D eigenvalue weighted by molar-refractivity contribution is 9.11. The Kier molecular flexibility index (Phi) is 10.7. The van der Waals surface area contributed by atoms with Crippen LogP contribution >= 0.6 is 15.9 Å². The van der Waals surface area contributed by atoms with Crippen molar-refractivity contribution in [2.75, 3.05) is 0 Å². The third kappa shape index (κ3) is 10.8. The Hall–Kier alpha value is -2.21. The lowest BCUT2D eigenvalue weighted by atomic mass is 9.79. The molecule has 0 saturated heterocycles. The molecule has 6 heteroatoms. The van der Waals surface area contributed by atoms with Crippen molar-refractivity contribution < 1.29 is 19.1 Å². The van der Waals surface area contributed by atoms with Gasteiger partial charge in [0.15, 0.2) is 0 Å². The number of carbonyl (C=O) groups excluding carboxylic acids is 1. The van der Waals surface area contributed by atoms with Gasteiger partial charge >= 0.3 is 5.97 Å². The van der Waals surface area contributed by atoms with Gasteiger partial charge in [-0.15, -0.1) is 0 Å². The highest BCUT2D eigenvalue weighted by Crippen LogP contribution is 2.33. The quantitative estimate of drug-likeness (QED) is 0.299. The lowest BCUT2D eigenvalue weighted by Crippen LogP contribution is -2.22. The van der Waals surface area contributed by atoms with E-state index in [0.717, 1.165) is 18.9 Å². The topological polar surface area (TPSA) is 66.4 Å². The van der Waals surface area contributed by atoms with Crippen LogP contribution in [0.2, 0.25) is 0 Å². The molecule has 154 valence electrons. The van der Waals surface area contributed by atoms with Crippen molar-refractivity contribution in [3.05, 3.63) is 71.7 Å². The number of amides is 1. The second-order valence-electron chi connectivity index (χ2n) is 7.81. The average Bonchev–Trinajstić information content (AvgIpc) is 2.58. The molecule has 1 amide bonds. The number of hydrogen-bond donors (Lipinski definition) is 2. The Bertz CT molecular complexity index is 728. The molecular weight excluding hydrogens is 425 g/mol. The van der Waals surface area contributed by atoms with Crippen molar-refractivity contribution in [2.24, 2.45) is 10.8 Å². The van der Waals surface area contributed by atoms with E-state index in [1.165, 1.54) is 6.08 Å². The summed E-state index contributed by atoms with van der Waals surface area (Å²) in [5.74, 6) is -1.88. The van der Waals surface area contributed by atoms with E-state index in [1.54, 1.807) is 6.08 Å². The fourth-order valence-electron chi connectivity index (χ4n) is 2.00. The molecule has 0 aliphatic rings. The minimum absolute atomic E-state index is 0.0351. The van der Waals surface area contributed by atoms with Crippen molar-refractivity contribution in [1.82, 2.24) is 5.32 Å². The molecule has 0 saturated carbocycles. The first-order valence-electron chi connectivity index (χ1n) is 8.71. The van der Waals surface area contributed by atoms with Crippen LogP contribution in [0.3, 0.4) is 0 Å². The zero-order valence-corrected chi connectivity index (χ0v) is 18.5. The molecule has 0 rings (SSSR count). The normalized spacial score (nSPS) is 13.4. The summed E-state index contributed by atoms with van der Waals surface area (Å²) in [5, 5.41) is 11.2. The van der Waals surface area contributed by atoms with Crippen LogP contribution in [0.25, 0.3) is 0 Å². The first-order chi connectivity index (χ1) is 12.8. The first-order valence-corrected chi connectivity index (χ1v) is 9.63. The van der Waals surface area contributed by atoms with Crippen LogP contribution in [0, 0.1) is 10.8 Å². The summed E-state index contributed by atoms with van der Waals surface area (Å²) in [6, 6.07) is 0. The molecule has 0 spiro atoms. The number of aliphatic carboxylic acids is 1. The van der Waals surface area contributed by atoms with E-state index in [4.69, 9.17) is 5.11 Å². The lowest BCUT2D eigenvalue weighted by molar-refractivity contribution is -0.132. The summed E-state index contributed by atoms with van der Waals surface area (Å²) >= 11 is 3.31. The summed E-state index contributed by atoms with van der Waals surface area (Å²) in [7, 11) is 0. The van der Waals surface area contributed by atoms with Crippen LogP contribution < -0.4 is 5.32 Å². The van der Waals surface area contributed by atoms with E-state index < -0.39 is 17.4 Å². The Morgan fingerprint density at radius 2 is 1.57 bits per heavy atom. The van der Waals surface area contributed by atoms with Gasteiger partial charge < -0.3 is 10.4 Å². The number of hydrogen-bond acceptors (Lipinski definition) is 2. The maximum Gasteiger partial charge on any atom is 0.338 e. The van der Waals surface area contributed by atoms with Gasteiger partial charge in [-0.05, 0) is 40.8 Å². The third-order valence-electron chi connectivity index (χ3n) is 4.06. The Balaban J connectivity index is 4.79. The van der Waals surface area contributed by atoms with E-state index in [1.807, 2.05) is 11.1 Å². The van der Waals surface area contributed by atoms with Gasteiger partial charge in [-0.25, -0.2) is 9.18 Å². The zero-order chi connectivity index (χ0) is 22.0. The summed E-state index contributed by atoms with van der Waals surface area (Å²) < 4.78 is 12.4. The van der Waals surface area contributed by atoms with Gasteiger partial charge in [0.2, 0.25) is 0 Å². The molecule has 0 heterocycles. The average molecular weight is 454 g/mol. The van der Waals surface area contributed by atoms with Crippen LogP contribution in [0.1, 0.15) is 40.5 Å². The number of allylic oxidation sites excluding steroid dienone is 3. The molecule has 0 aromatic rings. The molecular formula is C22H29BrFNO3. The smallest absolute Gasteiger partial charge is 0.338 e. The predicted molar refractivity (Wildman–Crippen MR) is 116 cm³/mol. The van der Waals surface area contributed by atoms with E-state index in [-0.39, 0.29) is 28.4 Å². The van der Waals surface area contributed by atoms with Gasteiger partial charge in [-0.2, -0.15) is 0 Å². The number of nitrogens with one attached hydrogen (secondary N) is 1. The molecule has 0 aromatic heterocycles. The SMILES string of the molecule is C=C(/C=C\C(=C\F)C(=O)O)NC(=O)C(=C)/C=C/C(C)(C)CCC(C)(C)/C=C\Br. The van der Waals surface area contributed by atoms with Gasteiger partial charge in [-0.1, -0.05) is 75.0 Å². The Morgan fingerprint density at radius 3 is 2.04 bits per heavy atom. The first kappa shape index (κ1) is 25.8. The summed E-state index contributed by atoms with van der Waals surface area (Å²) in [6.07, 6.45) is 9.78. The molecule has 0 aromatic carbocycles. The van der Waals surface area contributed by atoms with E-state index >= 15 is 0 Å². The van der Waals surface area contributed by atoms with Crippen LogP contribution in [-0.2, 0) is 9.59 Å². The van der Waals surface area contributed by atoms with Gasteiger partial charge in [0, 0.05) is 11.3 Å². The Labute approximate surface area is 175 Å². The number of carbonyl (C=O) groups is 2. The second kappa shape index (κ2) is 11.6. The van der Waals surface area contributed by atoms with Crippen molar-refractivity contribution in [2.45, 2.75) is 40.5 Å². The van der Waals surface area contributed by atoms with Gasteiger partial charge in [0.25, 0.3) is 5.91 Å². The third-order valence-corrected chi connectivity index (χ3v) is 4.32. The molecule has 4 nitrogen and oxygen atoms in total. The van der Waals surface area contributed by atoms with E-state index in [2.05, 4.69) is 68.2 Å². The molecule has 2 N–H and O–H groups in total. The van der Waals surface area contributed by atoms with Gasteiger partial charge in [-0.3, -0.25) is 4.79 Å². The summed E-state index contributed by atoms with van der Waals surface area (Å²) in [6.45, 7) is 15.8. The molecule has 0 bridgehead atoms. The fourth-order valence-corrected chi connectivity index (χ4v) is 2.71. The van der Waals surface area contributed by atoms with Crippen molar-refractivity contribution in [1.29, 1.82) is 0 Å². The number of carboxylic acids is 1. The maximum atomic E-state index is 12.4. The van der Waals surface area contributed by atoms with Crippen molar-refractivity contribution in [3.63, 3.8) is 0 Å².